The molecule has 1 aromatic heterocycles. The molecule has 0 aliphatic heterocycles. The summed E-state index contributed by atoms with van der Waals surface area (Å²) in [5.74, 6) is 1.55. The van der Waals surface area contributed by atoms with Crippen LogP contribution >= 0.6 is 0 Å². The lowest BCUT2D eigenvalue weighted by Gasteiger charge is -2.22. The Bertz CT molecular complexity index is 643. The summed E-state index contributed by atoms with van der Waals surface area (Å²) in [5, 5.41) is 6.57. The van der Waals surface area contributed by atoms with Gasteiger partial charge in [-0.1, -0.05) is 0 Å². The number of nitrogens with one attached hydrogen (secondary N) is 2. The lowest BCUT2D eigenvalue weighted by molar-refractivity contribution is 0.210. The van der Waals surface area contributed by atoms with E-state index in [1.807, 2.05) is 6.07 Å². The van der Waals surface area contributed by atoms with Crippen molar-refractivity contribution in [3.05, 3.63) is 36.2 Å². The van der Waals surface area contributed by atoms with Crippen molar-refractivity contribution < 1.29 is 4.74 Å². The maximum Gasteiger partial charge on any atom is 0.135 e. The van der Waals surface area contributed by atoms with E-state index in [1.54, 1.807) is 13.4 Å². The van der Waals surface area contributed by atoms with Crippen LogP contribution in [0.4, 0.5) is 23.0 Å². The molecule has 0 spiro atoms. The summed E-state index contributed by atoms with van der Waals surface area (Å²) in [6.07, 6.45) is 1.55. The molecule has 1 aromatic carbocycles. The zero-order valence-electron chi connectivity index (χ0n) is 15.0. The molecule has 130 valence electrons. The van der Waals surface area contributed by atoms with Gasteiger partial charge in [-0.2, -0.15) is 0 Å². The van der Waals surface area contributed by atoms with Crippen LogP contribution in [0.15, 0.2) is 30.6 Å². The molecule has 0 bridgehead atoms. The second-order valence-corrected chi connectivity index (χ2v) is 5.50. The summed E-state index contributed by atoms with van der Waals surface area (Å²) in [6.45, 7) is 9.81. The van der Waals surface area contributed by atoms with Gasteiger partial charge in [0.2, 0.25) is 0 Å². The van der Waals surface area contributed by atoms with E-state index in [-0.39, 0.29) is 0 Å². The smallest absolute Gasteiger partial charge is 0.135 e. The predicted octanol–water partition coefficient (Wildman–Crippen LogP) is 3.43. The van der Waals surface area contributed by atoms with Crippen LogP contribution in [0.1, 0.15) is 19.4 Å². The average Bonchev–Trinajstić information content (AvgIpc) is 2.59. The Morgan fingerprint density at radius 3 is 2.50 bits per heavy atom. The number of hydrogen-bond acceptors (Lipinski definition) is 6. The number of rotatable bonds is 9. The van der Waals surface area contributed by atoms with Gasteiger partial charge in [0.1, 0.15) is 18.0 Å². The minimum Gasteiger partial charge on any atom is -0.383 e. The first-order valence-electron chi connectivity index (χ1n) is 8.35. The number of aromatic nitrogens is 2. The Morgan fingerprint density at radius 2 is 1.83 bits per heavy atom. The van der Waals surface area contributed by atoms with Crippen molar-refractivity contribution in [3.63, 3.8) is 0 Å². The first kappa shape index (κ1) is 18.0. The van der Waals surface area contributed by atoms with E-state index in [2.05, 4.69) is 64.5 Å². The number of methoxy groups -OCH3 is 1. The summed E-state index contributed by atoms with van der Waals surface area (Å²) < 4.78 is 5.03. The number of benzene rings is 1. The molecule has 0 saturated heterocycles. The van der Waals surface area contributed by atoms with Crippen LogP contribution in [-0.4, -0.2) is 43.3 Å². The summed E-state index contributed by atoms with van der Waals surface area (Å²) >= 11 is 0. The highest BCUT2D eigenvalue weighted by Gasteiger charge is 2.06. The van der Waals surface area contributed by atoms with Crippen molar-refractivity contribution in [3.8, 4) is 0 Å². The molecule has 0 aliphatic rings. The summed E-state index contributed by atoms with van der Waals surface area (Å²) in [5.41, 5.74) is 3.48. The van der Waals surface area contributed by atoms with E-state index in [0.717, 1.165) is 30.4 Å². The van der Waals surface area contributed by atoms with Gasteiger partial charge in [-0.25, -0.2) is 9.97 Å². The zero-order chi connectivity index (χ0) is 17.4. The van der Waals surface area contributed by atoms with Crippen LogP contribution in [-0.2, 0) is 4.74 Å². The van der Waals surface area contributed by atoms with Crippen LogP contribution in [0.2, 0.25) is 0 Å². The molecule has 6 heteroatoms. The average molecular weight is 329 g/mol. The van der Waals surface area contributed by atoms with E-state index >= 15 is 0 Å². The first-order valence-corrected chi connectivity index (χ1v) is 8.35. The van der Waals surface area contributed by atoms with Gasteiger partial charge in [0.15, 0.2) is 0 Å². The Morgan fingerprint density at radius 1 is 1.08 bits per heavy atom. The second-order valence-electron chi connectivity index (χ2n) is 5.50. The molecule has 0 aliphatic carbocycles. The molecule has 24 heavy (non-hydrogen) atoms. The Balaban J connectivity index is 2.09. The molecule has 2 rings (SSSR count). The number of aryl methyl sites for hydroxylation is 1. The second kappa shape index (κ2) is 9.08. The van der Waals surface area contributed by atoms with E-state index in [4.69, 9.17) is 4.74 Å². The molecular formula is C18H27N5O. The molecule has 2 N–H and O–H groups in total. The predicted molar refractivity (Wildman–Crippen MR) is 100 cm³/mol. The monoisotopic (exact) mass is 329 g/mol. The quantitative estimate of drug-likeness (QED) is 0.687. The minimum atomic E-state index is 0.638. The largest absolute Gasteiger partial charge is 0.383 e. The van der Waals surface area contributed by atoms with Crippen LogP contribution < -0.4 is 15.5 Å². The molecule has 0 saturated carbocycles. The molecular weight excluding hydrogens is 302 g/mol. The standard InChI is InChI=1S/C18H27N5O/c1-5-23(6-2)15-7-8-16(14(3)11-15)22-18-12-17(20-13-21-18)19-9-10-24-4/h7-8,11-13H,5-6,9-10H2,1-4H3,(H2,19,20,21,22). The van der Waals surface area contributed by atoms with E-state index in [1.165, 1.54) is 11.3 Å². The number of anilines is 4. The highest BCUT2D eigenvalue weighted by Crippen LogP contribution is 2.25. The number of hydrogen-bond donors (Lipinski definition) is 2. The third-order valence-corrected chi connectivity index (χ3v) is 3.88. The Kier molecular flexibility index (Phi) is 6.81. The van der Waals surface area contributed by atoms with Crippen molar-refractivity contribution >= 4 is 23.0 Å². The minimum absolute atomic E-state index is 0.638. The van der Waals surface area contributed by atoms with E-state index in [9.17, 15) is 0 Å². The lowest BCUT2D eigenvalue weighted by Crippen LogP contribution is -2.21. The van der Waals surface area contributed by atoms with Crippen molar-refractivity contribution in [2.45, 2.75) is 20.8 Å². The van der Waals surface area contributed by atoms with Crippen molar-refractivity contribution in [1.82, 2.24) is 9.97 Å². The van der Waals surface area contributed by atoms with Gasteiger partial charge in [-0.3, -0.25) is 0 Å². The van der Waals surface area contributed by atoms with Crippen LogP contribution in [0.3, 0.4) is 0 Å². The van der Waals surface area contributed by atoms with Crippen LogP contribution in [0, 0.1) is 6.92 Å². The Hall–Kier alpha value is -2.34. The van der Waals surface area contributed by atoms with Crippen LogP contribution in [0.5, 0.6) is 0 Å². The van der Waals surface area contributed by atoms with E-state index < -0.39 is 0 Å². The van der Waals surface area contributed by atoms with Gasteiger partial charge < -0.3 is 20.3 Å². The molecule has 0 radical (unpaired) electrons. The van der Waals surface area contributed by atoms with Gasteiger partial charge in [0.25, 0.3) is 0 Å². The zero-order valence-corrected chi connectivity index (χ0v) is 15.0. The summed E-state index contributed by atoms with van der Waals surface area (Å²) in [7, 11) is 1.68. The van der Waals surface area contributed by atoms with E-state index in [0.29, 0.717) is 13.2 Å². The number of ether oxygens (including phenoxy) is 1. The molecule has 0 atom stereocenters. The lowest BCUT2D eigenvalue weighted by atomic mass is 10.1. The fraction of sp³-hybridized carbons (Fsp3) is 0.444. The molecule has 0 fully saturated rings. The Labute approximate surface area is 144 Å². The van der Waals surface area contributed by atoms with Crippen LogP contribution in [0.25, 0.3) is 0 Å². The molecule has 6 nitrogen and oxygen atoms in total. The molecule has 1 heterocycles. The fourth-order valence-electron chi connectivity index (χ4n) is 2.52. The topological polar surface area (TPSA) is 62.3 Å². The third-order valence-electron chi connectivity index (χ3n) is 3.88. The number of nitrogens with zero attached hydrogens (tertiary/aromatic N) is 3. The summed E-state index contributed by atoms with van der Waals surface area (Å²) in [4.78, 5) is 10.8. The highest BCUT2D eigenvalue weighted by atomic mass is 16.5. The maximum absolute atomic E-state index is 5.03. The molecule has 0 amide bonds. The van der Waals surface area contributed by atoms with Gasteiger partial charge >= 0.3 is 0 Å². The van der Waals surface area contributed by atoms with Gasteiger partial charge in [0.05, 0.1) is 6.61 Å². The van der Waals surface area contributed by atoms with Crippen molar-refractivity contribution in [2.75, 3.05) is 48.9 Å². The fourth-order valence-corrected chi connectivity index (χ4v) is 2.52. The maximum atomic E-state index is 5.03. The van der Waals surface area contributed by atoms with Crippen molar-refractivity contribution in [2.24, 2.45) is 0 Å². The molecule has 2 aromatic rings. The van der Waals surface area contributed by atoms with Crippen molar-refractivity contribution in [1.29, 1.82) is 0 Å². The van der Waals surface area contributed by atoms with Gasteiger partial charge in [-0.15, -0.1) is 0 Å². The third kappa shape index (κ3) is 4.83. The SMILES string of the molecule is CCN(CC)c1ccc(Nc2cc(NCCOC)ncn2)c(C)c1. The highest BCUT2D eigenvalue weighted by molar-refractivity contribution is 5.66. The van der Waals surface area contributed by atoms with Gasteiger partial charge in [-0.05, 0) is 44.5 Å². The molecule has 0 unspecified atom stereocenters. The normalized spacial score (nSPS) is 10.5. The first-order chi connectivity index (χ1) is 11.7. The van der Waals surface area contributed by atoms with Gasteiger partial charge in [0, 0.05) is 44.2 Å². The summed E-state index contributed by atoms with van der Waals surface area (Å²) in [6, 6.07) is 8.34.